The summed E-state index contributed by atoms with van der Waals surface area (Å²) in [6.45, 7) is 2.83. The van der Waals surface area contributed by atoms with E-state index in [0.717, 1.165) is 16.7 Å². The number of rotatable bonds is 9. The first-order valence-corrected chi connectivity index (χ1v) is 14.5. The molecule has 0 bridgehead atoms. The standard InChI is InChI=1S/C34H32N4O6/c39-32(35-17-19-43-20-18-35)24-44-29-14-11-27(12-15-29)33-36(22-25-7-3-1-4-8-25)31-16-13-28(38(41)42)21-30(31)34(40)37(33)23-26-9-5-2-6-10-26/h1-16,21,33H,17-20,22-24H2. The molecule has 1 unspecified atom stereocenters. The van der Waals surface area contributed by atoms with Crippen LogP contribution in [0, 0.1) is 10.1 Å². The van der Waals surface area contributed by atoms with Crippen LogP contribution in [0.2, 0.25) is 0 Å². The maximum atomic E-state index is 14.2. The fraction of sp³-hybridized carbons (Fsp3) is 0.235. The number of benzene rings is 4. The van der Waals surface area contributed by atoms with Gasteiger partial charge in [-0.25, -0.2) is 0 Å². The van der Waals surface area contributed by atoms with Crippen molar-refractivity contribution in [1.82, 2.24) is 9.80 Å². The van der Waals surface area contributed by atoms with Gasteiger partial charge in [0.25, 0.3) is 17.5 Å². The van der Waals surface area contributed by atoms with Gasteiger partial charge in [-0.2, -0.15) is 0 Å². The third kappa shape index (κ3) is 6.25. The van der Waals surface area contributed by atoms with Gasteiger partial charge in [0.2, 0.25) is 0 Å². The first kappa shape index (κ1) is 28.9. The fourth-order valence-electron chi connectivity index (χ4n) is 5.66. The van der Waals surface area contributed by atoms with E-state index in [1.54, 1.807) is 28.0 Å². The van der Waals surface area contributed by atoms with Crippen LogP contribution in [-0.4, -0.2) is 59.4 Å². The van der Waals surface area contributed by atoms with Gasteiger partial charge in [0.15, 0.2) is 6.61 Å². The number of hydrogen-bond donors (Lipinski definition) is 0. The van der Waals surface area contributed by atoms with Crippen LogP contribution in [0.4, 0.5) is 11.4 Å². The van der Waals surface area contributed by atoms with Crippen LogP contribution in [-0.2, 0) is 22.6 Å². The number of non-ortho nitro benzene ring substituents is 1. The predicted molar refractivity (Wildman–Crippen MR) is 164 cm³/mol. The Balaban J connectivity index is 1.36. The first-order valence-electron chi connectivity index (χ1n) is 14.5. The summed E-state index contributed by atoms with van der Waals surface area (Å²) < 4.78 is 11.2. The molecule has 224 valence electrons. The third-order valence-corrected chi connectivity index (χ3v) is 7.88. The van der Waals surface area contributed by atoms with Gasteiger partial charge in [-0.15, -0.1) is 0 Å². The van der Waals surface area contributed by atoms with Crippen LogP contribution < -0.4 is 9.64 Å². The lowest BCUT2D eigenvalue weighted by Crippen LogP contribution is -2.48. The van der Waals surface area contributed by atoms with Crippen molar-refractivity contribution in [1.29, 1.82) is 0 Å². The van der Waals surface area contributed by atoms with Crippen LogP contribution in [0.5, 0.6) is 5.75 Å². The minimum atomic E-state index is -0.527. The number of carbonyl (C=O) groups is 2. The minimum Gasteiger partial charge on any atom is -0.484 e. The van der Waals surface area contributed by atoms with E-state index < -0.39 is 11.1 Å². The molecule has 2 aliphatic rings. The predicted octanol–water partition coefficient (Wildman–Crippen LogP) is 5.19. The lowest BCUT2D eigenvalue weighted by Gasteiger charge is -2.46. The Hall–Kier alpha value is -5.22. The number of hydrogen-bond acceptors (Lipinski definition) is 7. The van der Waals surface area contributed by atoms with Crippen LogP contribution in [0.3, 0.4) is 0 Å². The highest BCUT2D eigenvalue weighted by molar-refractivity contribution is 6.02. The van der Waals surface area contributed by atoms with E-state index in [4.69, 9.17) is 9.47 Å². The average Bonchev–Trinajstić information content (AvgIpc) is 3.07. The summed E-state index contributed by atoms with van der Waals surface area (Å²) in [7, 11) is 0. The highest BCUT2D eigenvalue weighted by Crippen LogP contribution is 2.42. The monoisotopic (exact) mass is 592 g/mol. The number of nitro benzene ring substituents is 1. The highest BCUT2D eigenvalue weighted by atomic mass is 16.6. The maximum Gasteiger partial charge on any atom is 0.270 e. The number of amides is 2. The molecule has 2 aliphatic heterocycles. The molecule has 1 saturated heterocycles. The number of carbonyl (C=O) groups excluding carboxylic acids is 2. The van der Waals surface area contributed by atoms with Crippen molar-refractivity contribution in [2.45, 2.75) is 19.3 Å². The normalized spacial score (nSPS) is 16.4. The van der Waals surface area contributed by atoms with Crippen molar-refractivity contribution in [3.63, 3.8) is 0 Å². The zero-order valence-corrected chi connectivity index (χ0v) is 24.1. The van der Waals surface area contributed by atoms with Crippen molar-refractivity contribution in [2.24, 2.45) is 0 Å². The van der Waals surface area contributed by atoms with Gasteiger partial charge in [0, 0.05) is 38.3 Å². The molecule has 0 spiro atoms. The lowest BCUT2D eigenvalue weighted by molar-refractivity contribution is -0.384. The lowest BCUT2D eigenvalue weighted by atomic mass is 9.98. The van der Waals surface area contributed by atoms with Crippen molar-refractivity contribution >= 4 is 23.2 Å². The second-order valence-electron chi connectivity index (χ2n) is 10.7. The van der Waals surface area contributed by atoms with Gasteiger partial charge in [-0.3, -0.25) is 19.7 Å². The van der Waals surface area contributed by atoms with Crippen molar-refractivity contribution < 1.29 is 24.0 Å². The Morgan fingerprint density at radius 3 is 2.07 bits per heavy atom. The molecular weight excluding hydrogens is 560 g/mol. The number of nitro groups is 1. The van der Waals surface area contributed by atoms with Gasteiger partial charge >= 0.3 is 0 Å². The van der Waals surface area contributed by atoms with E-state index in [9.17, 15) is 19.7 Å². The third-order valence-electron chi connectivity index (χ3n) is 7.88. The van der Waals surface area contributed by atoms with Crippen LogP contribution in [0.15, 0.2) is 103 Å². The molecule has 6 rings (SSSR count). The largest absolute Gasteiger partial charge is 0.484 e. The zero-order valence-electron chi connectivity index (χ0n) is 24.1. The number of ether oxygens (including phenoxy) is 2. The molecule has 0 aliphatic carbocycles. The summed E-state index contributed by atoms with van der Waals surface area (Å²) in [5.41, 5.74) is 3.56. The first-order chi connectivity index (χ1) is 21.5. The molecule has 0 N–H and O–H groups in total. The molecule has 10 nitrogen and oxygen atoms in total. The van der Waals surface area contributed by atoms with E-state index in [1.807, 2.05) is 72.8 Å². The molecule has 1 fully saturated rings. The Kier molecular flexibility index (Phi) is 8.51. The fourth-order valence-corrected chi connectivity index (χ4v) is 5.66. The Labute approximate surface area is 255 Å². The molecule has 44 heavy (non-hydrogen) atoms. The highest BCUT2D eigenvalue weighted by Gasteiger charge is 2.39. The second kappa shape index (κ2) is 13.0. The van der Waals surface area contributed by atoms with Gasteiger partial charge in [-0.1, -0.05) is 72.8 Å². The number of fused-ring (bicyclic) bond motifs is 1. The molecule has 0 saturated carbocycles. The molecule has 4 aromatic rings. The number of nitrogens with zero attached hydrogens (tertiary/aromatic N) is 4. The van der Waals surface area contributed by atoms with Gasteiger partial charge in [-0.05, 0) is 34.9 Å². The Morgan fingerprint density at radius 1 is 0.841 bits per heavy atom. The smallest absolute Gasteiger partial charge is 0.270 e. The summed E-state index contributed by atoms with van der Waals surface area (Å²) in [6, 6.07) is 31.5. The Bertz CT molecular complexity index is 1630. The van der Waals surface area contributed by atoms with E-state index in [1.165, 1.54) is 12.1 Å². The maximum absolute atomic E-state index is 14.2. The van der Waals surface area contributed by atoms with Gasteiger partial charge in [0.05, 0.1) is 29.4 Å². The summed E-state index contributed by atoms with van der Waals surface area (Å²) in [5.74, 6) is 0.153. The second-order valence-corrected chi connectivity index (χ2v) is 10.7. The van der Waals surface area contributed by atoms with E-state index in [2.05, 4.69) is 4.90 Å². The molecule has 0 aromatic heterocycles. The molecule has 10 heteroatoms. The molecule has 0 radical (unpaired) electrons. The zero-order chi connectivity index (χ0) is 30.5. The molecule has 1 atom stereocenters. The topological polar surface area (TPSA) is 105 Å². The summed E-state index contributed by atoms with van der Waals surface area (Å²) >= 11 is 0. The van der Waals surface area contributed by atoms with Crippen LogP contribution in [0.25, 0.3) is 0 Å². The summed E-state index contributed by atoms with van der Waals surface area (Å²) in [4.78, 5) is 43.5. The Morgan fingerprint density at radius 2 is 1.45 bits per heavy atom. The quantitative estimate of drug-likeness (QED) is 0.195. The van der Waals surface area contributed by atoms with Crippen molar-refractivity contribution in [2.75, 3.05) is 37.8 Å². The van der Waals surface area contributed by atoms with Gasteiger partial charge in [0.1, 0.15) is 11.9 Å². The molecular formula is C34H32N4O6. The average molecular weight is 593 g/mol. The van der Waals surface area contributed by atoms with E-state index in [0.29, 0.717) is 50.8 Å². The van der Waals surface area contributed by atoms with Crippen LogP contribution in [0.1, 0.15) is 33.2 Å². The van der Waals surface area contributed by atoms with Crippen molar-refractivity contribution in [3.8, 4) is 5.75 Å². The van der Waals surface area contributed by atoms with Crippen molar-refractivity contribution in [3.05, 3.63) is 135 Å². The molecule has 2 heterocycles. The minimum absolute atomic E-state index is 0.0757. The SMILES string of the molecule is O=C(COc1ccc(C2N(Cc3ccccc3)C(=O)c3cc([N+](=O)[O-])ccc3N2Cc2ccccc2)cc1)N1CCOCC1. The molecule has 2 amide bonds. The molecule has 4 aromatic carbocycles. The van der Waals surface area contributed by atoms with Gasteiger partial charge < -0.3 is 24.2 Å². The van der Waals surface area contributed by atoms with E-state index >= 15 is 0 Å². The number of anilines is 1. The summed E-state index contributed by atoms with van der Waals surface area (Å²) in [6.07, 6.45) is -0.527. The van der Waals surface area contributed by atoms with E-state index in [-0.39, 0.29) is 29.7 Å². The van der Waals surface area contributed by atoms with Crippen LogP contribution >= 0.6 is 0 Å². The number of morpholine rings is 1. The summed E-state index contributed by atoms with van der Waals surface area (Å²) in [5, 5.41) is 11.7.